The maximum Gasteiger partial charge on any atom is 0.325 e. The molecule has 1 aromatic heterocycles. The molecule has 2 rings (SSSR count). The number of benzene rings is 1. The lowest BCUT2D eigenvalue weighted by Gasteiger charge is -2.08. The largest absolute Gasteiger partial charge is 0.494 e. The van der Waals surface area contributed by atoms with Crippen LogP contribution in [0.2, 0.25) is 0 Å². The van der Waals surface area contributed by atoms with E-state index in [4.69, 9.17) is 4.74 Å². The minimum Gasteiger partial charge on any atom is -0.494 e. The molecule has 1 heterocycles. The van der Waals surface area contributed by atoms with Crippen LogP contribution in [-0.4, -0.2) is 16.2 Å². The molecule has 0 fully saturated rings. The molecule has 2 aromatic rings. The zero-order chi connectivity index (χ0) is 18.8. The quantitative estimate of drug-likeness (QED) is 0.502. The number of imidazole rings is 1. The lowest BCUT2D eigenvalue weighted by atomic mass is 10.1. The van der Waals surface area contributed by atoms with Crippen molar-refractivity contribution < 1.29 is 4.74 Å². The van der Waals surface area contributed by atoms with Crippen LogP contribution in [-0.2, 0) is 7.05 Å². The highest BCUT2D eigenvalue weighted by atomic mass is 16.5. The van der Waals surface area contributed by atoms with Crippen LogP contribution in [0.15, 0.2) is 29.1 Å². The average Bonchev–Trinajstić information content (AvgIpc) is 2.89. The number of aromatic nitrogens is 2. The third kappa shape index (κ3) is 6.08. The van der Waals surface area contributed by atoms with E-state index >= 15 is 0 Å². The Hall–Kier alpha value is -1.97. The molecule has 0 bridgehead atoms. The van der Waals surface area contributed by atoms with Crippen molar-refractivity contribution in [2.45, 2.75) is 71.6 Å². The normalized spacial score (nSPS) is 11.0. The molecule has 4 nitrogen and oxygen atoms in total. The number of ether oxygens (including phenoxy) is 1. The van der Waals surface area contributed by atoms with Gasteiger partial charge in [-0.05, 0) is 37.6 Å². The van der Waals surface area contributed by atoms with Gasteiger partial charge in [0.05, 0.1) is 12.3 Å². The van der Waals surface area contributed by atoms with E-state index in [2.05, 4.69) is 11.9 Å². The molecule has 0 saturated heterocycles. The van der Waals surface area contributed by atoms with Crippen molar-refractivity contribution in [2.75, 3.05) is 6.61 Å². The van der Waals surface area contributed by atoms with Gasteiger partial charge in [-0.1, -0.05) is 58.3 Å². The Balaban J connectivity index is 1.66. The fourth-order valence-electron chi connectivity index (χ4n) is 3.38. The van der Waals surface area contributed by atoms with Gasteiger partial charge in [-0.3, -0.25) is 4.57 Å². The molecule has 26 heavy (non-hydrogen) atoms. The first kappa shape index (κ1) is 20.3. The third-order valence-corrected chi connectivity index (χ3v) is 4.93. The SMILES string of the molecule is CCCCCCCCCCCOc1ccc(-c2c(C)[nH]c(=O)n2C)cc1. The summed E-state index contributed by atoms with van der Waals surface area (Å²) in [7, 11) is 1.79. The standard InChI is InChI=1S/C22H34N2O2/c1-4-5-6-7-8-9-10-11-12-17-26-20-15-13-19(14-16-20)21-18(2)23-22(25)24(21)3/h13-16H,4-12,17H2,1-3H3,(H,23,25). The third-order valence-electron chi connectivity index (χ3n) is 4.93. The van der Waals surface area contributed by atoms with Gasteiger partial charge in [0, 0.05) is 18.3 Å². The predicted molar refractivity (Wildman–Crippen MR) is 109 cm³/mol. The number of hydrogen-bond acceptors (Lipinski definition) is 2. The summed E-state index contributed by atoms with van der Waals surface area (Å²) in [5.41, 5.74) is 2.77. The monoisotopic (exact) mass is 358 g/mol. The van der Waals surface area contributed by atoms with E-state index in [0.29, 0.717) is 0 Å². The molecule has 144 valence electrons. The highest BCUT2D eigenvalue weighted by Gasteiger charge is 2.09. The van der Waals surface area contributed by atoms with Crippen molar-refractivity contribution >= 4 is 0 Å². The molecule has 4 heteroatoms. The summed E-state index contributed by atoms with van der Waals surface area (Å²) in [6.45, 7) is 4.96. The lowest BCUT2D eigenvalue weighted by molar-refractivity contribution is 0.304. The van der Waals surface area contributed by atoms with Crippen molar-refractivity contribution in [3.8, 4) is 17.0 Å². The summed E-state index contributed by atoms with van der Waals surface area (Å²) >= 11 is 0. The molecule has 1 aromatic carbocycles. The van der Waals surface area contributed by atoms with E-state index in [1.807, 2.05) is 31.2 Å². The van der Waals surface area contributed by atoms with Crippen molar-refractivity contribution in [2.24, 2.45) is 7.05 Å². The minimum absolute atomic E-state index is 0.0804. The maximum absolute atomic E-state index is 11.7. The zero-order valence-corrected chi connectivity index (χ0v) is 16.6. The van der Waals surface area contributed by atoms with Crippen LogP contribution in [0.5, 0.6) is 5.75 Å². The Kier molecular flexibility index (Phi) is 8.52. The lowest BCUT2D eigenvalue weighted by Crippen LogP contribution is -2.13. The van der Waals surface area contributed by atoms with E-state index < -0.39 is 0 Å². The van der Waals surface area contributed by atoms with Gasteiger partial charge in [0.25, 0.3) is 0 Å². The highest BCUT2D eigenvalue weighted by Crippen LogP contribution is 2.23. The molecular formula is C22H34N2O2. The average molecular weight is 359 g/mol. The first-order chi connectivity index (χ1) is 12.6. The van der Waals surface area contributed by atoms with Crippen LogP contribution in [0.3, 0.4) is 0 Å². The van der Waals surface area contributed by atoms with Gasteiger partial charge in [-0.2, -0.15) is 0 Å². The second kappa shape index (κ2) is 10.9. The number of aryl methyl sites for hydroxylation is 1. The number of nitrogens with one attached hydrogen (secondary N) is 1. The first-order valence-electron chi connectivity index (χ1n) is 10.1. The highest BCUT2D eigenvalue weighted by molar-refractivity contribution is 5.63. The number of nitrogens with zero attached hydrogens (tertiary/aromatic N) is 1. The van der Waals surface area contributed by atoms with Crippen molar-refractivity contribution in [1.82, 2.24) is 9.55 Å². The maximum atomic E-state index is 11.7. The molecule has 0 aliphatic carbocycles. The van der Waals surface area contributed by atoms with E-state index in [-0.39, 0.29) is 5.69 Å². The van der Waals surface area contributed by atoms with Crippen LogP contribution >= 0.6 is 0 Å². The van der Waals surface area contributed by atoms with E-state index in [1.165, 1.54) is 51.4 Å². The number of aromatic amines is 1. The van der Waals surface area contributed by atoms with Crippen LogP contribution in [0.4, 0.5) is 0 Å². The van der Waals surface area contributed by atoms with Gasteiger partial charge in [0.1, 0.15) is 5.75 Å². The molecule has 0 radical (unpaired) electrons. The summed E-state index contributed by atoms with van der Waals surface area (Å²) in [5, 5.41) is 0. The minimum atomic E-state index is -0.0804. The molecule has 0 spiro atoms. The van der Waals surface area contributed by atoms with Crippen LogP contribution in [0, 0.1) is 6.92 Å². The van der Waals surface area contributed by atoms with Crippen molar-refractivity contribution in [3.63, 3.8) is 0 Å². The Labute approximate surface area is 157 Å². The van der Waals surface area contributed by atoms with Crippen molar-refractivity contribution in [3.05, 3.63) is 40.4 Å². The van der Waals surface area contributed by atoms with Gasteiger partial charge in [0.15, 0.2) is 0 Å². The summed E-state index contributed by atoms with van der Waals surface area (Å²) < 4.78 is 7.49. The molecule has 0 atom stereocenters. The zero-order valence-electron chi connectivity index (χ0n) is 16.6. The fourth-order valence-corrected chi connectivity index (χ4v) is 3.38. The van der Waals surface area contributed by atoms with E-state index in [1.54, 1.807) is 11.6 Å². The molecule has 0 aliphatic heterocycles. The summed E-state index contributed by atoms with van der Waals surface area (Å²) in [5.74, 6) is 0.895. The molecule has 0 saturated carbocycles. The Bertz CT molecular complexity index is 698. The molecular weight excluding hydrogens is 324 g/mol. The Morgan fingerprint density at radius 1 is 0.923 bits per heavy atom. The van der Waals surface area contributed by atoms with Crippen LogP contribution in [0.1, 0.15) is 70.4 Å². The van der Waals surface area contributed by atoms with Gasteiger partial charge < -0.3 is 9.72 Å². The van der Waals surface area contributed by atoms with Crippen LogP contribution < -0.4 is 10.4 Å². The van der Waals surface area contributed by atoms with E-state index in [9.17, 15) is 4.79 Å². The van der Waals surface area contributed by atoms with Gasteiger partial charge in [-0.15, -0.1) is 0 Å². The second-order valence-electron chi connectivity index (χ2n) is 7.16. The first-order valence-corrected chi connectivity index (χ1v) is 10.1. The number of unbranched alkanes of at least 4 members (excludes halogenated alkanes) is 8. The summed E-state index contributed by atoms with van der Waals surface area (Å²) in [4.78, 5) is 14.5. The van der Waals surface area contributed by atoms with E-state index in [0.717, 1.165) is 35.7 Å². The van der Waals surface area contributed by atoms with Gasteiger partial charge >= 0.3 is 5.69 Å². The van der Waals surface area contributed by atoms with Gasteiger partial charge in [0.2, 0.25) is 0 Å². The Morgan fingerprint density at radius 3 is 2.04 bits per heavy atom. The summed E-state index contributed by atoms with van der Waals surface area (Å²) in [6, 6.07) is 8.00. The van der Waals surface area contributed by atoms with Crippen LogP contribution in [0.25, 0.3) is 11.3 Å². The molecule has 1 N–H and O–H groups in total. The molecule has 0 unspecified atom stereocenters. The molecule has 0 aliphatic rings. The predicted octanol–water partition coefficient (Wildman–Crippen LogP) is 5.60. The van der Waals surface area contributed by atoms with Gasteiger partial charge in [-0.25, -0.2) is 4.79 Å². The smallest absolute Gasteiger partial charge is 0.325 e. The topological polar surface area (TPSA) is 47.0 Å². The Morgan fingerprint density at radius 2 is 1.50 bits per heavy atom. The summed E-state index contributed by atoms with van der Waals surface area (Å²) in [6.07, 6.45) is 11.9. The number of hydrogen-bond donors (Lipinski definition) is 1. The fraction of sp³-hybridized carbons (Fsp3) is 0.591. The molecule has 0 amide bonds. The number of rotatable bonds is 12. The number of H-pyrrole nitrogens is 1. The second-order valence-corrected chi connectivity index (χ2v) is 7.16. The van der Waals surface area contributed by atoms with Crippen molar-refractivity contribution in [1.29, 1.82) is 0 Å².